The summed E-state index contributed by atoms with van der Waals surface area (Å²) in [6.07, 6.45) is -0.112. The first-order valence-electron chi connectivity index (χ1n) is 5.28. The van der Waals surface area contributed by atoms with Gasteiger partial charge in [-0.1, -0.05) is 12.1 Å². The van der Waals surface area contributed by atoms with Gasteiger partial charge in [0.25, 0.3) is 0 Å². The monoisotopic (exact) mass is 233 g/mol. The molecule has 5 heteroatoms. The number of nitrogens with two attached hydrogens (primary N) is 1. The van der Waals surface area contributed by atoms with Crippen LogP contribution in [-0.2, 0) is 11.2 Å². The molecule has 90 valence electrons. The predicted molar refractivity (Wildman–Crippen MR) is 62.9 cm³/mol. The molecule has 1 amide bonds. The maximum absolute atomic E-state index is 10.5. The van der Waals surface area contributed by atoms with Crippen LogP contribution in [0.1, 0.15) is 11.1 Å². The summed E-state index contributed by atoms with van der Waals surface area (Å²) in [5, 5.41) is 21.0. The molecule has 5 nitrogen and oxygen atoms in total. The summed E-state index contributed by atoms with van der Waals surface area (Å²) >= 11 is 0. The quantitative estimate of drug-likeness (QED) is 0.619. The van der Waals surface area contributed by atoms with Gasteiger partial charge in [-0.05, 0) is 24.1 Å². The van der Waals surface area contributed by atoms with Gasteiger partial charge in [0.1, 0.15) is 0 Å². The molecular weight excluding hydrogens is 218 g/mol. The Morgan fingerprint density at radius 3 is 2.65 bits per heavy atom. The van der Waals surface area contributed by atoms with Gasteiger partial charge in [-0.2, -0.15) is 5.26 Å². The van der Waals surface area contributed by atoms with Crippen LogP contribution in [0.25, 0.3) is 0 Å². The number of carbonyl (C=O) groups is 1. The lowest BCUT2D eigenvalue weighted by Gasteiger charge is -2.10. The van der Waals surface area contributed by atoms with Crippen LogP contribution >= 0.6 is 0 Å². The number of primary amides is 1. The third-order valence-corrected chi connectivity index (χ3v) is 2.23. The van der Waals surface area contributed by atoms with Crippen molar-refractivity contribution < 1.29 is 9.90 Å². The first-order chi connectivity index (χ1) is 8.11. The van der Waals surface area contributed by atoms with Crippen LogP contribution in [0.5, 0.6) is 0 Å². The number of nitriles is 1. The van der Waals surface area contributed by atoms with Gasteiger partial charge < -0.3 is 16.2 Å². The molecule has 0 saturated carbocycles. The van der Waals surface area contributed by atoms with E-state index in [-0.39, 0.29) is 6.54 Å². The third-order valence-electron chi connectivity index (χ3n) is 2.23. The van der Waals surface area contributed by atoms with E-state index in [1.165, 1.54) is 0 Å². The normalized spacial score (nSPS) is 11.8. The van der Waals surface area contributed by atoms with Crippen molar-refractivity contribution in [1.29, 1.82) is 5.26 Å². The van der Waals surface area contributed by atoms with Crippen molar-refractivity contribution in [1.82, 2.24) is 5.32 Å². The van der Waals surface area contributed by atoms with Crippen molar-refractivity contribution in [2.75, 3.05) is 13.1 Å². The Balaban J connectivity index is 2.37. The van der Waals surface area contributed by atoms with Gasteiger partial charge in [0.15, 0.2) is 0 Å². The fourth-order valence-electron chi connectivity index (χ4n) is 1.42. The Kier molecular flexibility index (Phi) is 5.14. The molecule has 0 aliphatic carbocycles. The minimum absolute atomic E-state index is 0.0600. The van der Waals surface area contributed by atoms with E-state index in [1.54, 1.807) is 24.3 Å². The fourth-order valence-corrected chi connectivity index (χ4v) is 1.42. The third kappa shape index (κ3) is 5.11. The van der Waals surface area contributed by atoms with Crippen molar-refractivity contribution in [3.05, 3.63) is 35.4 Å². The molecule has 0 radical (unpaired) electrons. The van der Waals surface area contributed by atoms with Crippen molar-refractivity contribution in [2.45, 2.75) is 12.5 Å². The van der Waals surface area contributed by atoms with E-state index < -0.39 is 12.0 Å². The summed E-state index contributed by atoms with van der Waals surface area (Å²) in [5.41, 5.74) is 6.48. The molecule has 0 aliphatic heterocycles. The van der Waals surface area contributed by atoms with E-state index in [9.17, 15) is 9.90 Å². The number of nitrogens with one attached hydrogen (secondary N) is 1. The highest BCUT2D eigenvalue weighted by Crippen LogP contribution is 2.05. The van der Waals surface area contributed by atoms with E-state index in [4.69, 9.17) is 11.0 Å². The van der Waals surface area contributed by atoms with Gasteiger partial charge in [0.05, 0.1) is 24.3 Å². The summed E-state index contributed by atoms with van der Waals surface area (Å²) in [4.78, 5) is 10.5. The smallest absolute Gasteiger partial charge is 0.231 e. The van der Waals surface area contributed by atoms with Gasteiger partial charge in [-0.25, -0.2) is 0 Å². The van der Waals surface area contributed by atoms with Gasteiger partial charge in [-0.15, -0.1) is 0 Å². The Hall–Kier alpha value is -1.90. The zero-order chi connectivity index (χ0) is 12.7. The summed E-state index contributed by atoms with van der Waals surface area (Å²) in [6.45, 7) is 0.368. The van der Waals surface area contributed by atoms with E-state index in [1.807, 2.05) is 6.07 Å². The number of aliphatic hydroxyl groups is 1. The Morgan fingerprint density at radius 2 is 2.12 bits per heavy atom. The number of amides is 1. The number of nitrogens with zero attached hydrogens (tertiary/aromatic N) is 1. The number of benzene rings is 1. The standard InChI is InChI=1S/C12H15N3O2/c13-6-10-3-1-9(2-4-10)5-11(16)7-15-8-12(14)17/h1-4,11,15-16H,5,7-8H2,(H2,14,17). The second-order valence-electron chi connectivity index (χ2n) is 3.76. The van der Waals surface area contributed by atoms with Crippen LogP contribution in [0.2, 0.25) is 0 Å². The molecule has 0 fully saturated rings. The largest absolute Gasteiger partial charge is 0.391 e. The van der Waals surface area contributed by atoms with Gasteiger partial charge in [-0.3, -0.25) is 4.79 Å². The zero-order valence-electron chi connectivity index (χ0n) is 9.39. The molecule has 0 saturated heterocycles. The lowest BCUT2D eigenvalue weighted by molar-refractivity contribution is -0.117. The zero-order valence-corrected chi connectivity index (χ0v) is 9.39. The predicted octanol–water partition coefficient (Wildman–Crippen LogP) is -0.463. The molecule has 0 heterocycles. The van der Waals surface area contributed by atoms with Crippen molar-refractivity contribution in [3.63, 3.8) is 0 Å². The molecule has 1 unspecified atom stereocenters. The van der Waals surface area contributed by atoms with E-state index in [0.717, 1.165) is 5.56 Å². The number of hydrogen-bond donors (Lipinski definition) is 3. The number of aliphatic hydroxyl groups excluding tert-OH is 1. The van der Waals surface area contributed by atoms with E-state index in [0.29, 0.717) is 18.5 Å². The number of rotatable bonds is 6. The Bertz CT molecular complexity index is 409. The van der Waals surface area contributed by atoms with Crippen molar-refractivity contribution in [2.24, 2.45) is 5.73 Å². The highest BCUT2D eigenvalue weighted by molar-refractivity contribution is 5.75. The Labute approximate surface area is 99.9 Å². The minimum atomic E-state index is -0.581. The average Bonchev–Trinajstić information content (AvgIpc) is 2.29. The van der Waals surface area contributed by atoms with Crippen LogP contribution in [0.4, 0.5) is 0 Å². The topological polar surface area (TPSA) is 99.1 Å². The van der Waals surface area contributed by atoms with Crippen LogP contribution < -0.4 is 11.1 Å². The molecule has 0 aliphatic rings. The van der Waals surface area contributed by atoms with Crippen LogP contribution in [0, 0.1) is 11.3 Å². The average molecular weight is 233 g/mol. The van der Waals surface area contributed by atoms with E-state index >= 15 is 0 Å². The highest BCUT2D eigenvalue weighted by Gasteiger charge is 2.05. The molecule has 4 N–H and O–H groups in total. The number of hydrogen-bond acceptors (Lipinski definition) is 4. The summed E-state index contributed by atoms with van der Waals surface area (Å²) < 4.78 is 0. The molecular formula is C12H15N3O2. The number of carbonyl (C=O) groups excluding carboxylic acids is 1. The van der Waals surface area contributed by atoms with Gasteiger partial charge >= 0.3 is 0 Å². The maximum atomic E-state index is 10.5. The van der Waals surface area contributed by atoms with Gasteiger partial charge in [0, 0.05) is 6.54 Å². The second-order valence-corrected chi connectivity index (χ2v) is 3.76. The molecule has 1 aromatic rings. The van der Waals surface area contributed by atoms with Crippen molar-refractivity contribution >= 4 is 5.91 Å². The van der Waals surface area contributed by atoms with Crippen LogP contribution in [0.3, 0.4) is 0 Å². The van der Waals surface area contributed by atoms with E-state index in [2.05, 4.69) is 5.32 Å². The molecule has 1 rings (SSSR count). The lowest BCUT2D eigenvalue weighted by atomic mass is 10.1. The summed E-state index contributed by atoms with van der Waals surface area (Å²) in [6, 6.07) is 9.05. The summed E-state index contributed by atoms with van der Waals surface area (Å²) in [5.74, 6) is -0.449. The molecule has 1 atom stereocenters. The molecule has 1 aromatic carbocycles. The van der Waals surface area contributed by atoms with Crippen LogP contribution in [0.15, 0.2) is 24.3 Å². The summed E-state index contributed by atoms with van der Waals surface area (Å²) in [7, 11) is 0. The SMILES string of the molecule is N#Cc1ccc(CC(O)CNCC(N)=O)cc1. The van der Waals surface area contributed by atoms with Crippen LogP contribution in [-0.4, -0.2) is 30.2 Å². The minimum Gasteiger partial charge on any atom is -0.391 e. The van der Waals surface area contributed by atoms with Crippen molar-refractivity contribution in [3.8, 4) is 6.07 Å². The molecule has 0 bridgehead atoms. The molecule has 17 heavy (non-hydrogen) atoms. The fraction of sp³-hybridized carbons (Fsp3) is 0.333. The molecule has 0 aromatic heterocycles. The first-order valence-corrected chi connectivity index (χ1v) is 5.28. The lowest BCUT2D eigenvalue weighted by Crippen LogP contribution is -2.35. The maximum Gasteiger partial charge on any atom is 0.231 e. The highest BCUT2D eigenvalue weighted by atomic mass is 16.3. The molecule has 0 spiro atoms. The second kappa shape index (κ2) is 6.63. The van der Waals surface area contributed by atoms with Gasteiger partial charge in [0.2, 0.25) is 5.91 Å². The Morgan fingerprint density at radius 1 is 1.47 bits per heavy atom. The first kappa shape index (κ1) is 13.2.